The van der Waals surface area contributed by atoms with E-state index >= 15 is 0 Å². The summed E-state index contributed by atoms with van der Waals surface area (Å²) >= 11 is 0. The highest BCUT2D eigenvalue weighted by Gasteiger charge is 2.25. The Bertz CT molecular complexity index is 362. The average molecular weight is 234 g/mol. The van der Waals surface area contributed by atoms with E-state index in [1.807, 2.05) is 11.0 Å². The number of likely N-dealkylation sites (tertiary alicyclic amines) is 1. The van der Waals surface area contributed by atoms with Gasteiger partial charge in [-0.05, 0) is 18.9 Å². The van der Waals surface area contributed by atoms with Crippen LogP contribution in [-0.4, -0.2) is 40.4 Å². The maximum Gasteiger partial charge on any atom is 0.227 e. The summed E-state index contributed by atoms with van der Waals surface area (Å²) in [5.74, 6) is 0.0200. The topological polar surface area (TPSA) is 72.1 Å². The highest BCUT2D eigenvalue weighted by Crippen LogP contribution is 2.14. The summed E-state index contributed by atoms with van der Waals surface area (Å²) in [7, 11) is 0. The Morgan fingerprint density at radius 1 is 1.47 bits per heavy atom. The molecular weight excluding hydrogens is 216 g/mol. The summed E-state index contributed by atoms with van der Waals surface area (Å²) in [6, 6.07) is 1.83. The monoisotopic (exact) mass is 234 g/mol. The van der Waals surface area contributed by atoms with Crippen LogP contribution in [-0.2, 0) is 11.2 Å². The highest BCUT2D eigenvalue weighted by atomic mass is 16.2. The third-order valence-corrected chi connectivity index (χ3v) is 3.15. The Morgan fingerprint density at radius 2 is 2.24 bits per heavy atom. The van der Waals surface area contributed by atoms with Crippen molar-refractivity contribution in [3.05, 3.63) is 24.3 Å². The lowest BCUT2D eigenvalue weighted by Crippen LogP contribution is -2.38. The van der Waals surface area contributed by atoms with Crippen molar-refractivity contribution in [2.75, 3.05) is 19.6 Å². The number of rotatable bonds is 4. The summed E-state index contributed by atoms with van der Waals surface area (Å²) in [6.07, 6.45) is 6.01. The average Bonchev–Trinajstić information content (AvgIpc) is 2.90. The minimum absolute atomic E-state index is 0.150. The molecule has 0 aromatic carbocycles. The number of hydrogen-bond acceptors (Lipinski definition) is 4. The van der Waals surface area contributed by atoms with Gasteiger partial charge in [0.15, 0.2) is 0 Å². The van der Waals surface area contributed by atoms with E-state index < -0.39 is 0 Å². The van der Waals surface area contributed by atoms with Gasteiger partial charge >= 0.3 is 0 Å². The van der Waals surface area contributed by atoms with Gasteiger partial charge in [-0.25, -0.2) is 9.97 Å². The number of carbonyl (C=O) groups excluding carboxylic acids is 1. The number of nitrogens with two attached hydrogens (primary N) is 1. The maximum atomic E-state index is 12.2. The molecular formula is C12H18N4O. The van der Waals surface area contributed by atoms with Gasteiger partial charge in [0, 0.05) is 37.9 Å². The molecule has 0 radical (unpaired) electrons. The van der Waals surface area contributed by atoms with E-state index in [4.69, 9.17) is 5.73 Å². The highest BCUT2D eigenvalue weighted by molar-refractivity contribution is 5.79. The van der Waals surface area contributed by atoms with Crippen molar-refractivity contribution in [1.82, 2.24) is 14.9 Å². The first kappa shape index (κ1) is 12.0. The van der Waals surface area contributed by atoms with Crippen LogP contribution < -0.4 is 5.73 Å². The molecule has 1 aromatic rings. The molecule has 2 rings (SSSR count). The van der Waals surface area contributed by atoms with Crippen LogP contribution in [0.1, 0.15) is 18.5 Å². The molecule has 0 spiro atoms. The number of carbonyl (C=O) groups is 1. The Labute approximate surface area is 101 Å². The zero-order valence-electron chi connectivity index (χ0n) is 9.88. The van der Waals surface area contributed by atoms with Gasteiger partial charge in [0.25, 0.3) is 0 Å². The van der Waals surface area contributed by atoms with Crippen molar-refractivity contribution in [3.63, 3.8) is 0 Å². The van der Waals surface area contributed by atoms with Crippen molar-refractivity contribution in [2.45, 2.75) is 19.3 Å². The molecule has 1 aliphatic rings. The molecule has 0 bridgehead atoms. The van der Waals surface area contributed by atoms with Crippen LogP contribution in [0.5, 0.6) is 0 Å². The lowest BCUT2D eigenvalue weighted by Gasteiger charge is -2.21. The second kappa shape index (κ2) is 5.72. The lowest BCUT2D eigenvalue weighted by molar-refractivity contribution is -0.134. The third kappa shape index (κ3) is 3.00. The number of hydrogen-bond donors (Lipinski definition) is 1. The maximum absolute atomic E-state index is 12.2. The number of amides is 1. The van der Waals surface area contributed by atoms with Crippen molar-refractivity contribution < 1.29 is 4.79 Å². The first-order valence-corrected chi connectivity index (χ1v) is 6.05. The Hall–Kier alpha value is -1.49. The fourth-order valence-corrected chi connectivity index (χ4v) is 2.16. The standard InChI is InChI=1S/C12H18N4O/c13-8-10(7-11-3-4-14-9-15-11)12(17)16-5-1-2-6-16/h3-4,9-10H,1-2,5-8,13H2. The van der Waals surface area contributed by atoms with Gasteiger partial charge in [-0.15, -0.1) is 0 Å². The van der Waals surface area contributed by atoms with E-state index in [1.165, 1.54) is 6.33 Å². The largest absolute Gasteiger partial charge is 0.342 e. The molecule has 0 saturated carbocycles. The fraction of sp³-hybridized carbons (Fsp3) is 0.583. The van der Waals surface area contributed by atoms with Crippen LogP contribution in [0.2, 0.25) is 0 Å². The van der Waals surface area contributed by atoms with Crippen LogP contribution in [0.15, 0.2) is 18.6 Å². The van der Waals surface area contributed by atoms with Gasteiger partial charge in [0.05, 0.1) is 5.92 Å². The molecule has 5 heteroatoms. The molecule has 1 saturated heterocycles. The van der Waals surface area contributed by atoms with Gasteiger partial charge in [-0.2, -0.15) is 0 Å². The predicted octanol–water partition coefficient (Wildman–Crippen LogP) is 0.216. The van der Waals surface area contributed by atoms with Gasteiger partial charge < -0.3 is 10.6 Å². The Morgan fingerprint density at radius 3 is 2.82 bits per heavy atom. The Kier molecular flexibility index (Phi) is 4.03. The zero-order chi connectivity index (χ0) is 12.1. The van der Waals surface area contributed by atoms with Crippen LogP contribution >= 0.6 is 0 Å². The minimum Gasteiger partial charge on any atom is -0.342 e. The van der Waals surface area contributed by atoms with Gasteiger partial charge in [0.2, 0.25) is 5.91 Å². The van der Waals surface area contributed by atoms with E-state index in [-0.39, 0.29) is 11.8 Å². The predicted molar refractivity (Wildman–Crippen MR) is 64.1 cm³/mol. The summed E-state index contributed by atoms with van der Waals surface area (Å²) in [4.78, 5) is 22.1. The molecule has 1 unspecified atom stereocenters. The SMILES string of the molecule is NCC(Cc1ccncn1)C(=O)N1CCCC1. The molecule has 92 valence electrons. The van der Waals surface area contributed by atoms with Crippen LogP contribution in [0.3, 0.4) is 0 Å². The van der Waals surface area contributed by atoms with Crippen LogP contribution in [0.4, 0.5) is 0 Å². The molecule has 1 fully saturated rings. The molecule has 2 N–H and O–H groups in total. The molecule has 0 aliphatic carbocycles. The van der Waals surface area contributed by atoms with E-state index in [9.17, 15) is 4.79 Å². The lowest BCUT2D eigenvalue weighted by atomic mass is 10.0. The Balaban J connectivity index is 1.98. The van der Waals surface area contributed by atoms with Crippen molar-refractivity contribution in [1.29, 1.82) is 0 Å². The van der Waals surface area contributed by atoms with Crippen LogP contribution in [0, 0.1) is 5.92 Å². The number of nitrogens with zero attached hydrogens (tertiary/aromatic N) is 3. The van der Waals surface area contributed by atoms with Crippen molar-refractivity contribution in [2.24, 2.45) is 11.7 Å². The molecule has 1 aliphatic heterocycles. The van der Waals surface area contributed by atoms with Gasteiger partial charge in [-0.1, -0.05) is 0 Å². The van der Waals surface area contributed by atoms with Crippen LogP contribution in [0.25, 0.3) is 0 Å². The molecule has 1 amide bonds. The molecule has 1 atom stereocenters. The van der Waals surface area contributed by atoms with Gasteiger partial charge in [0.1, 0.15) is 6.33 Å². The summed E-state index contributed by atoms with van der Waals surface area (Å²) in [5, 5.41) is 0. The second-order valence-corrected chi connectivity index (χ2v) is 4.37. The van der Waals surface area contributed by atoms with E-state index in [2.05, 4.69) is 9.97 Å². The first-order valence-electron chi connectivity index (χ1n) is 6.05. The fourth-order valence-electron chi connectivity index (χ4n) is 2.16. The smallest absolute Gasteiger partial charge is 0.227 e. The zero-order valence-corrected chi connectivity index (χ0v) is 9.88. The normalized spacial score (nSPS) is 17.1. The van der Waals surface area contributed by atoms with E-state index in [0.717, 1.165) is 31.6 Å². The molecule has 17 heavy (non-hydrogen) atoms. The minimum atomic E-state index is -0.150. The second-order valence-electron chi connectivity index (χ2n) is 4.37. The molecule has 2 heterocycles. The quantitative estimate of drug-likeness (QED) is 0.808. The van der Waals surface area contributed by atoms with E-state index in [1.54, 1.807) is 6.20 Å². The first-order chi connectivity index (χ1) is 8.31. The molecule has 5 nitrogen and oxygen atoms in total. The molecule has 1 aromatic heterocycles. The van der Waals surface area contributed by atoms with E-state index in [0.29, 0.717) is 13.0 Å². The number of aromatic nitrogens is 2. The van der Waals surface area contributed by atoms with Gasteiger partial charge in [-0.3, -0.25) is 4.79 Å². The van der Waals surface area contributed by atoms with Crippen molar-refractivity contribution in [3.8, 4) is 0 Å². The summed E-state index contributed by atoms with van der Waals surface area (Å²) in [6.45, 7) is 2.12. The third-order valence-electron chi connectivity index (χ3n) is 3.15. The summed E-state index contributed by atoms with van der Waals surface area (Å²) in [5.41, 5.74) is 6.58. The van der Waals surface area contributed by atoms with Crippen molar-refractivity contribution >= 4 is 5.91 Å². The summed E-state index contributed by atoms with van der Waals surface area (Å²) < 4.78 is 0.